The molecule has 0 bridgehead atoms. The molecule has 2 unspecified atom stereocenters. The predicted molar refractivity (Wildman–Crippen MR) is 97.0 cm³/mol. The molecule has 0 spiro atoms. The average molecular weight is 385 g/mol. The van der Waals surface area contributed by atoms with Crippen LogP contribution in [0.25, 0.3) is 0 Å². The van der Waals surface area contributed by atoms with Gasteiger partial charge in [0.25, 0.3) is 5.69 Å². The van der Waals surface area contributed by atoms with Gasteiger partial charge in [-0.25, -0.2) is 4.79 Å². The van der Waals surface area contributed by atoms with Crippen molar-refractivity contribution in [3.63, 3.8) is 0 Å². The van der Waals surface area contributed by atoms with Gasteiger partial charge in [0.15, 0.2) is 0 Å². The van der Waals surface area contributed by atoms with Gasteiger partial charge in [0.1, 0.15) is 12.0 Å². The van der Waals surface area contributed by atoms with Crippen LogP contribution in [0.15, 0.2) is 36.5 Å². The number of carbonyl (C=O) groups is 3. The number of nitrogens with one attached hydrogen (secondary N) is 1. The molecule has 4 N–H and O–H groups in total. The van der Waals surface area contributed by atoms with Crippen molar-refractivity contribution < 1.29 is 24.4 Å². The zero-order valence-corrected chi connectivity index (χ0v) is 14.5. The Kier molecular flexibility index (Phi) is 4.65. The van der Waals surface area contributed by atoms with Crippen LogP contribution in [0.4, 0.5) is 17.1 Å². The molecule has 11 heteroatoms. The first-order valence-electron chi connectivity index (χ1n) is 8.01. The standard InChI is InChI=1S/C17H15N5O6/c1-21-12-5-3-9(22(27)28)6-11(12)20-16(24)14(21)13(15(18)23)10-4-2-8(7-19-10)17(25)26/h2-7,13-14H,1H3,(H2,18,23)(H,20,24)(H,25,26). The lowest BCUT2D eigenvalue weighted by Crippen LogP contribution is -2.52. The summed E-state index contributed by atoms with van der Waals surface area (Å²) in [7, 11) is 1.55. The van der Waals surface area contributed by atoms with E-state index in [0.29, 0.717) is 5.69 Å². The third kappa shape index (κ3) is 3.20. The smallest absolute Gasteiger partial charge is 0.337 e. The SMILES string of the molecule is CN1c2ccc([N+](=O)[O-])cc2NC(=O)C1C(C(N)=O)c1ccc(C(=O)O)cn1. The summed E-state index contributed by atoms with van der Waals surface area (Å²) in [4.78, 5) is 51.6. The third-order valence-corrected chi connectivity index (χ3v) is 4.49. The number of aromatic nitrogens is 1. The van der Waals surface area contributed by atoms with Crippen LogP contribution < -0.4 is 16.0 Å². The molecule has 0 fully saturated rings. The summed E-state index contributed by atoms with van der Waals surface area (Å²) in [5, 5.41) is 22.5. The summed E-state index contributed by atoms with van der Waals surface area (Å²) in [5.74, 6) is -3.77. The summed E-state index contributed by atoms with van der Waals surface area (Å²) < 4.78 is 0. The van der Waals surface area contributed by atoms with Gasteiger partial charge in [-0.3, -0.25) is 24.7 Å². The minimum Gasteiger partial charge on any atom is -0.478 e. The maximum Gasteiger partial charge on any atom is 0.337 e. The van der Waals surface area contributed by atoms with Gasteiger partial charge in [0.05, 0.1) is 27.6 Å². The van der Waals surface area contributed by atoms with E-state index in [-0.39, 0.29) is 22.6 Å². The van der Waals surface area contributed by atoms with Gasteiger partial charge < -0.3 is 21.1 Å². The number of amides is 2. The number of rotatable bonds is 5. The van der Waals surface area contributed by atoms with Gasteiger partial charge in [0.2, 0.25) is 11.8 Å². The molecule has 0 saturated carbocycles. The van der Waals surface area contributed by atoms with Crippen LogP contribution in [0.3, 0.4) is 0 Å². The van der Waals surface area contributed by atoms with Crippen LogP contribution >= 0.6 is 0 Å². The van der Waals surface area contributed by atoms with Crippen molar-refractivity contribution in [1.82, 2.24) is 4.98 Å². The molecule has 2 heterocycles. The van der Waals surface area contributed by atoms with E-state index in [9.17, 15) is 24.5 Å². The number of hydrogen-bond donors (Lipinski definition) is 3. The molecule has 3 rings (SSSR count). The zero-order chi connectivity index (χ0) is 20.6. The van der Waals surface area contributed by atoms with Crippen molar-refractivity contribution >= 4 is 34.8 Å². The van der Waals surface area contributed by atoms with Crippen LogP contribution in [0.5, 0.6) is 0 Å². The summed E-state index contributed by atoms with van der Waals surface area (Å²) in [6.45, 7) is 0. The van der Waals surface area contributed by atoms with Crippen LogP contribution in [-0.4, -0.2) is 45.9 Å². The molecule has 11 nitrogen and oxygen atoms in total. The number of nitro groups is 1. The fraction of sp³-hybridized carbons (Fsp3) is 0.176. The van der Waals surface area contributed by atoms with E-state index in [1.54, 1.807) is 7.05 Å². The Hall–Kier alpha value is -4.02. The van der Waals surface area contributed by atoms with Gasteiger partial charge in [-0.1, -0.05) is 0 Å². The van der Waals surface area contributed by atoms with Crippen molar-refractivity contribution in [3.8, 4) is 0 Å². The Morgan fingerprint density at radius 3 is 2.61 bits per heavy atom. The lowest BCUT2D eigenvalue weighted by Gasteiger charge is -2.38. The van der Waals surface area contributed by atoms with Gasteiger partial charge in [-0.2, -0.15) is 0 Å². The fourth-order valence-electron chi connectivity index (χ4n) is 3.13. The van der Waals surface area contributed by atoms with Gasteiger partial charge in [-0.05, 0) is 18.2 Å². The largest absolute Gasteiger partial charge is 0.478 e. The Labute approximate surface area is 157 Å². The second-order valence-corrected chi connectivity index (χ2v) is 6.16. The molecule has 1 aliphatic heterocycles. The molecule has 1 aromatic carbocycles. The molecule has 0 saturated heterocycles. The molecular formula is C17H15N5O6. The number of hydrogen-bond acceptors (Lipinski definition) is 7. The molecule has 28 heavy (non-hydrogen) atoms. The van der Waals surface area contributed by atoms with E-state index in [2.05, 4.69) is 10.3 Å². The number of nitro benzene ring substituents is 1. The molecule has 2 atom stereocenters. The zero-order valence-electron chi connectivity index (χ0n) is 14.5. The fourth-order valence-corrected chi connectivity index (χ4v) is 3.13. The summed E-state index contributed by atoms with van der Waals surface area (Å²) in [6.07, 6.45) is 1.08. The average Bonchev–Trinajstić information content (AvgIpc) is 2.64. The number of carboxylic acids is 1. The van der Waals surface area contributed by atoms with E-state index in [0.717, 1.165) is 6.20 Å². The first kappa shape index (κ1) is 18.8. The minimum absolute atomic E-state index is 0.0777. The molecule has 144 valence electrons. The predicted octanol–water partition coefficient (Wildman–Crippen LogP) is 0.714. The number of carboxylic acid groups (broad SMARTS) is 1. The van der Waals surface area contributed by atoms with Crippen molar-refractivity contribution in [2.75, 3.05) is 17.3 Å². The highest BCUT2D eigenvalue weighted by atomic mass is 16.6. The molecule has 2 aromatic rings. The summed E-state index contributed by atoms with van der Waals surface area (Å²) in [5.41, 5.74) is 6.07. The van der Waals surface area contributed by atoms with Crippen LogP contribution in [0.2, 0.25) is 0 Å². The number of carbonyl (C=O) groups excluding carboxylic acids is 2. The van der Waals surface area contributed by atoms with Crippen LogP contribution in [0, 0.1) is 10.1 Å². The van der Waals surface area contributed by atoms with E-state index in [4.69, 9.17) is 10.8 Å². The molecule has 2 amide bonds. The Morgan fingerprint density at radius 2 is 2.07 bits per heavy atom. The lowest BCUT2D eigenvalue weighted by atomic mass is 9.90. The maximum absolute atomic E-state index is 12.7. The molecular weight excluding hydrogens is 370 g/mol. The molecule has 1 aliphatic rings. The van der Waals surface area contributed by atoms with E-state index >= 15 is 0 Å². The highest BCUT2D eigenvalue weighted by molar-refractivity contribution is 6.07. The van der Waals surface area contributed by atoms with Crippen molar-refractivity contribution in [1.29, 1.82) is 0 Å². The number of benzene rings is 1. The Balaban J connectivity index is 2.02. The number of nitrogens with two attached hydrogens (primary N) is 1. The number of aromatic carboxylic acids is 1. The van der Waals surface area contributed by atoms with Crippen LogP contribution in [-0.2, 0) is 9.59 Å². The van der Waals surface area contributed by atoms with Crippen molar-refractivity contribution in [3.05, 3.63) is 57.9 Å². The minimum atomic E-state index is -1.18. The van der Waals surface area contributed by atoms with Crippen molar-refractivity contribution in [2.45, 2.75) is 12.0 Å². The topological polar surface area (TPSA) is 169 Å². The highest BCUT2D eigenvalue weighted by Gasteiger charge is 2.41. The quantitative estimate of drug-likeness (QED) is 0.499. The number of primary amides is 1. The van der Waals surface area contributed by atoms with E-state index < -0.39 is 34.7 Å². The first-order chi connectivity index (χ1) is 13.2. The lowest BCUT2D eigenvalue weighted by molar-refractivity contribution is -0.384. The highest BCUT2D eigenvalue weighted by Crippen LogP contribution is 2.37. The summed E-state index contributed by atoms with van der Waals surface area (Å²) in [6, 6.07) is 5.47. The van der Waals surface area contributed by atoms with Gasteiger partial charge in [0, 0.05) is 25.4 Å². The number of fused-ring (bicyclic) bond motifs is 1. The number of non-ortho nitro benzene ring substituents is 1. The molecule has 1 aromatic heterocycles. The Bertz CT molecular complexity index is 990. The second-order valence-electron chi connectivity index (χ2n) is 6.16. The number of pyridine rings is 1. The molecule has 0 aliphatic carbocycles. The normalized spacial score (nSPS) is 16.7. The van der Waals surface area contributed by atoms with Gasteiger partial charge >= 0.3 is 5.97 Å². The third-order valence-electron chi connectivity index (χ3n) is 4.49. The van der Waals surface area contributed by atoms with E-state index in [1.165, 1.54) is 35.2 Å². The van der Waals surface area contributed by atoms with Crippen LogP contribution in [0.1, 0.15) is 22.0 Å². The first-order valence-corrected chi connectivity index (χ1v) is 8.01. The number of likely N-dealkylation sites (N-methyl/N-ethyl adjacent to an activating group) is 1. The summed E-state index contributed by atoms with van der Waals surface area (Å²) >= 11 is 0. The maximum atomic E-state index is 12.7. The monoisotopic (exact) mass is 385 g/mol. The van der Waals surface area contributed by atoms with E-state index in [1.807, 2.05) is 0 Å². The molecule has 0 radical (unpaired) electrons. The van der Waals surface area contributed by atoms with Gasteiger partial charge in [-0.15, -0.1) is 0 Å². The van der Waals surface area contributed by atoms with Crippen molar-refractivity contribution in [2.24, 2.45) is 5.73 Å². The second kappa shape index (κ2) is 6.95. The number of nitrogens with zero attached hydrogens (tertiary/aromatic N) is 3. The Morgan fingerprint density at radius 1 is 1.36 bits per heavy atom. The number of anilines is 2.